The molecule has 0 aliphatic rings. The first-order valence-electron chi connectivity index (χ1n) is 6.01. The number of nitrogens with one attached hydrogen (secondary N) is 1. The molecule has 0 aromatic heterocycles. The summed E-state index contributed by atoms with van der Waals surface area (Å²) in [6, 6.07) is 4.05. The number of carbonyl (C=O) groups is 2. The number of hydrogen-bond donors (Lipinski definition) is 1. The molecule has 0 aliphatic heterocycles. The van der Waals surface area contributed by atoms with Gasteiger partial charge in [-0.1, -0.05) is 6.92 Å². The van der Waals surface area contributed by atoms with E-state index in [2.05, 4.69) is 10.1 Å². The van der Waals surface area contributed by atoms with E-state index in [1.54, 1.807) is 20.8 Å². The van der Waals surface area contributed by atoms with Crippen LogP contribution in [0.3, 0.4) is 0 Å². The Morgan fingerprint density at radius 1 is 1.42 bits per heavy atom. The summed E-state index contributed by atoms with van der Waals surface area (Å²) in [6.45, 7) is 4.94. The van der Waals surface area contributed by atoms with E-state index < -0.39 is 17.4 Å². The predicted molar refractivity (Wildman–Crippen MR) is 69.3 cm³/mol. The van der Waals surface area contributed by atoms with Crippen molar-refractivity contribution in [3.05, 3.63) is 35.1 Å². The number of methoxy groups -OCH3 is 1. The molecule has 0 saturated carbocycles. The molecule has 1 N–H and O–H groups in total. The number of carbonyl (C=O) groups excluding carboxylic acids is 2. The van der Waals surface area contributed by atoms with E-state index in [9.17, 15) is 14.0 Å². The van der Waals surface area contributed by atoms with Crippen molar-refractivity contribution in [2.75, 3.05) is 7.11 Å². The number of aryl methyl sites for hydroxylation is 1. The van der Waals surface area contributed by atoms with Gasteiger partial charge in [0.1, 0.15) is 11.4 Å². The molecule has 1 aromatic carbocycles. The smallest absolute Gasteiger partial charge is 0.331 e. The zero-order chi connectivity index (χ0) is 14.6. The Kier molecular flexibility index (Phi) is 4.64. The molecule has 0 aliphatic carbocycles. The van der Waals surface area contributed by atoms with Gasteiger partial charge >= 0.3 is 5.97 Å². The van der Waals surface area contributed by atoms with Gasteiger partial charge in [0, 0.05) is 5.56 Å². The summed E-state index contributed by atoms with van der Waals surface area (Å²) in [5, 5.41) is 2.62. The van der Waals surface area contributed by atoms with Crippen LogP contribution in [0.15, 0.2) is 18.2 Å². The molecule has 1 rings (SSSR count). The summed E-state index contributed by atoms with van der Waals surface area (Å²) in [6.07, 6.45) is 0.394. The Hall–Kier alpha value is -1.91. The zero-order valence-corrected chi connectivity index (χ0v) is 11.5. The number of esters is 1. The van der Waals surface area contributed by atoms with Crippen LogP contribution in [0, 0.1) is 12.7 Å². The van der Waals surface area contributed by atoms with Crippen molar-refractivity contribution in [2.24, 2.45) is 0 Å². The van der Waals surface area contributed by atoms with Crippen molar-refractivity contribution in [3.8, 4) is 0 Å². The lowest BCUT2D eigenvalue weighted by atomic mass is 9.98. The normalized spacial score (nSPS) is 13.5. The van der Waals surface area contributed by atoms with Crippen LogP contribution in [0.1, 0.15) is 36.2 Å². The van der Waals surface area contributed by atoms with Crippen LogP contribution in [0.4, 0.5) is 4.39 Å². The van der Waals surface area contributed by atoms with Crippen LogP contribution in [-0.4, -0.2) is 24.5 Å². The number of amides is 1. The van der Waals surface area contributed by atoms with Crippen molar-refractivity contribution in [3.63, 3.8) is 0 Å². The van der Waals surface area contributed by atoms with Gasteiger partial charge in [-0.15, -0.1) is 0 Å². The summed E-state index contributed by atoms with van der Waals surface area (Å²) in [7, 11) is 1.27. The predicted octanol–water partition coefficient (Wildman–Crippen LogP) is 2.21. The van der Waals surface area contributed by atoms with E-state index in [0.29, 0.717) is 17.5 Å². The van der Waals surface area contributed by atoms with Crippen LogP contribution in [0.5, 0.6) is 0 Å². The second-order valence-electron chi connectivity index (χ2n) is 4.60. The lowest BCUT2D eigenvalue weighted by molar-refractivity contribution is -0.147. The zero-order valence-electron chi connectivity index (χ0n) is 11.5. The first kappa shape index (κ1) is 15.1. The van der Waals surface area contributed by atoms with Crippen molar-refractivity contribution in [1.29, 1.82) is 0 Å². The van der Waals surface area contributed by atoms with Crippen molar-refractivity contribution < 1.29 is 18.7 Å². The lowest BCUT2D eigenvalue weighted by Gasteiger charge is -2.26. The van der Waals surface area contributed by atoms with E-state index >= 15 is 0 Å². The molecule has 0 heterocycles. The second kappa shape index (κ2) is 5.82. The maximum Gasteiger partial charge on any atom is 0.331 e. The van der Waals surface area contributed by atoms with E-state index in [0.717, 1.165) is 0 Å². The Morgan fingerprint density at radius 2 is 2.05 bits per heavy atom. The summed E-state index contributed by atoms with van der Waals surface area (Å²) in [4.78, 5) is 23.7. The molecule has 1 aromatic rings. The molecule has 4 nitrogen and oxygen atoms in total. The fourth-order valence-corrected chi connectivity index (χ4v) is 1.62. The number of halogens is 1. The fraction of sp³-hybridized carbons (Fsp3) is 0.429. The molecule has 0 fully saturated rings. The van der Waals surface area contributed by atoms with Gasteiger partial charge in [0.15, 0.2) is 0 Å². The van der Waals surface area contributed by atoms with Crippen LogP contribution in [0.2, 0.25) is 0 Å². The first-order valence-corrected chi connectivity index (χ1v) is 6.01. The third kappa shape index (κ3) is 3.30. The quantitative estimate of drug-likeness (QED) is 0.851. The van der Waals surface area contributed by atoms with Gasteiger partial charge < -0.3 is 10.1 Å². The number of ether oxygens (including phenoxy) is 1. The minimum atomic E-state index is -1.09. The molecular weight excluding hydrogens is 249 g/mol. The average molecular weight is 267 g/mol. The van der Waals surface area contributed by atoms with Crippen molar-refractivity contribution in [2.45, 2.75) is 32.7 Å². The molecule has 1 amide bonds. The van der Waals surface area contributed by atoms with E-state index in [1.165, 1.54) is 25.3 Å². The maximum atomic E-state index is 13.1. The highest BCUT2D eigenvalue weighted by atomic mass is 19.1. The van der Waals surface area contributed by atoms with Crippen LogP contribution >= 0.6 is 0 Å². The Labute approximate surface area is 112 Å². The molecule has 1 unspecified atom stereocenters. The van der Waals surface area contributed by atoms with Crippen molar-refractivity contribution in [1.82, 2.24) is 5.32 Å². The molecule has 0 spiro atoms. The molecular formula is C14H18FNO3. The fourth-order valence-electron chi connectivity index (χ4n) is 1.62. The summed E-state index contributed by atoms with van der Waals surface area (Å²) in [5.41, 5.74) is -0.403. The topological polar surface area (TPSA) is 55.4 Å². The van der Waals surface area contributed by atoms with Crippen LogP contribution in [-0.2, 0) is 9.53 Å². The number of rotatable bonds is 4. The number of hydrogen-bond acceptors (Lipinski definition) is 3. The van der Waals surface area contributed by atoms with Gasteiger partial charge in [-0.05, 0) is 44.0 Å². The highest BCUT2D eigenvalue weighted by Gasteiger charge is 2.34. The largest absolute Gasteiger partial charge is 0.467 e. The molecule has 19 heavy (non-hydrogen) atoms. The van der Waals surface area contributed by atoms with Crippen LogP contribution in [0.25, 0.3) is 0 Å². The third-order valence-electron chi connectivity index (χ3n) is 3.15. The van der Waals surface area contributed by atoms with Gasteiger partial charge in [-0.3, -0.25) is 4.79 Å². The van der Waals surface area contributed by atoms with Crippen LogP contribution < -0.4 is 5.32 Å². The monoisotopic (exact) mass is 267 g/mol. The molecule has 5 heteroatoms. The van der Waals surface area contributed by atoms with Gasteiger partial charge in [-0.2, -0.15) is 0 Å². The summed E-state index contributed by atoms with van der Waals surface area (Å²) < 4.78 is 17.8. The number of benzene rings is 1. The van der Waals surface area contributed by atoms with Gasteiger partial charge in [0.2, 0.25) is 0 Å². The summed E-state index contributed by atoms with van der Waals surface area (Å²) >= 11 is 0. The Bertz CT molecular complexity index is 501. The standard InChI is InChI=1S/C14H18FNO3/c1-5-14(3,13(18)19-4)16-12(17)10-6-7-11(15)9(2)8-10/h6-8H,5H2,1-4H3,(H,16,17). The molecule has 0 radical (unpaired) electrons. The van der Waals surface area contributed by atoms with E-state index in [-0.39, 0.29) is 5.82 Å². The lowest BCUT2D eigenvalue weighted by Crippen LogP contribution is -2.52. The minimum Gasteiger partial charge on any atom is -0.467 e. The SMILES string of the molecule is CCC(C)(NC(=O)c1ccc(F)c(C)c1)C(=O)OC. The second-order valence-corrected chi connectivity index (χ2v) is 4.60. The van der Waals surface area contributed by atoms with E-state index in [1.807, 2.05) is 0 Å². The van der Waals surface area contributed by atoms with Gasteiger partial charge in [-0.25, -0.2) is 9.18 Å². The molecule has 1 atom stereocenters. The van der Waals surface area contributed by atoms with Gasteiger partial charge in [0.05, 0.1) is 7.11 Å². The maximum absolute atomic E-state index is 13.1. The molecule has 0 bridgehead atoms. The summed E-state index contributed by atoms with van der Waals surface area (Å²) in [5.74, 6) is -1.32. The third-order valence-corrected chi connectivity index (χ3v) is 3.15. The first-order chi connectivity index (χ1) is 8.84. The Balaban J connectivity index is 2.94. The average Bonchev–Trinajstić information content (AvgIpc) is 2.40. The highest BCUT2D eigenvalue weighted by Crippen LogP contribution is 2.14. The molecule has 104 valence electrons. The highest BCUT2D eigenvalue weighted by molar-refractivity contribution is 5.98. The van der Waals surface area contributed by atoms with Gasteiger partial charge in [0.25, 0.3) is 5.91 Å². The van der Waals surface area contributed by atoms with Crippen molar-refractivity contribution >= 4 is 11.9 Å². The van der Waals surface area contributed by atoms with E-state index in [4.69, 9.17) is 0 Å². The molecule has 0 saturated heterocycles. The Morgan fingerprint density at radius 3 is 2.53 bits per heavy atom. The minimum absolute atomic E-state index is 0.308.